The lowest BCUT2D eigenvalue weighted by Crippen LogP contribution is -2.28. The molecule has 0 aliphatic carbocycles. The highest BCUT2D eigenvalue weighted by atomic mass is 32.2. The van der Waals surface area contributed by atoms with Crippen LogP contribution in [0.5, 0.6) is 5.88 Å². The molecule has 0 fully saturated rings. The molecule has 0 aromatic carbocycles. The molecule has 0 aliphatic rings. The summed E-state index contributed by atoms with van der Waals surface area (Å²) in [6, 6.07) is 0. The van der Waals surface area contributed by atoms with Gasteiger partial charge in [-0.15, -0.1) is 0 Å². The van der Waals surface area contributed by atoms with E-state index in [4.69, 9.17) is 0 Å². The second-order valence-corrected chi connectivity index (χ2v) is 3.97. The Labute approximate surface area is 83.0 Å². The van der Waals surface area contributed by atoms with Crippen molar-refractivity contribution in [2.45, 2.75) is 12.4 Å². The minimum Gasteiger partial charge on any atom is -0.353 e. The molecular weight excluding hydrogens is 237 g/mol. The van der Waals surface area contributed by atoms with Crippen LogP contribution in [0.25, 0.3) is 0 Å². The Kier molecular flexibility index (Phi) is 2.84. The molecule has 1 aromatic heterocycles. The quantitative estimate of drug-likeness (QED) is 0.572. The van der Waals surface area contributed by atoms with Crippen molar-refractivity contribution < 1.29 is 25.8 Å². The van der Waals surface area contributed by atoms with Gasteiger partial charge in [-0.3, -0.25) is 4.98 Å². The van der Waals surface area contributed by atoms with Crippen molar-refractivity contribution in [3.63, 3.8) is 0 Å². The fourth-order valence-electron chi connectivity index (χ4n) is 0.628. The molecule has 15 heavy (non-hydrogen) atoms. The lowest BCUT2D eigenvalue weighted by molar-refractivity contribution is -0.0501. The van der Waals surface area contributed by atoms with Gasteiger partial charge >= 0.3 is 15.6 Å². The predicted molar refractivity (Wildman–Crippen MR) is 42.4 cm³/mol. The molecule has 0 spiro atoms. The summed E-state index contributed by atoms with van der Waals surface area (Å²) in [5.74, 6) is -0.685. The average Bonchev–Trinajstić information content (AvgIpc) is 2.06. The maximum absolute atomic E-state index is 11.9. The Morgan fingerprint density at radius 3 is 2.27 bits per heavy atom. The van der Waals surface area contributed by atoms with Gasteiger partial charge < -0.3 is 4.18 Å². The average molecular weight is 242 g/mol. The van der Waals surface area contributed by atoms with Crippen LogP contribution in [0.15, 0.2) is 12.4 Å². The number of hydrogen-bond donors (Lipinski definition) is 0. The van der Waals surface area contributed by atoms with Crippen molar-refractivity contribution in [2.24, 2.45) is 0 Å². The summed E-state index contributed by atoms with van der Waals surface area (Å²) in [6.07, 6.45) is 2.22. The van der Waals surface area contributed by atoms with Crippen molar-refractivity contribution in [1.29, 1.82) is 0 Å². The van der Waals surface area contributed by atoms with E-state index in [0.29, 0.717) is 0 Å². The molecule has 0 aliphatic heterocycles. The molecular formula is C6H5F3N2O3S. The van der Waals surface area contributed by atoms with Gasteiger partial charge in [-0.1, -0.05) is 0 Å². The van der Waals surface area contributed by atoms with Gasteiger partial charge in [-0.2, -0.15) is 21.6 Å². The van der Waals surface area contributed by atoms with Gasteiger partial charge in [0.25, 0.3) is 5.88 Å². The molecule has 0 unspecified atom stereocenters. The first-order chi connectivity index (χ1) is 6.74. The monoisotopic (exact) mass is 242 g/mol. The third kappa shape index (κ3) is 2.55. The van der Waals surface area contributed by atoms with E-state index in [2.05, 4.69) is 14.2 Å². The van der Waals surface area contributed by atoms with Gasteiger partial charge in [0.15, 0.2) is 0 Å². The molecule has 0 N–H and O–H groups in total. The maximum atomic E-state index is 11.9. The SMILES string of the molecule is Cc1nccnc1OS(=O)(=O)C(F)(F)F. The zero-order valence-corrected chi connectivity index (χ0v) is 8.13. The number of alkyl halides is 3. The first kappa shape index (κ1) is 11.7. The molecule has 0 bridgehead atoms. The third-order valence-corrected chi connectivity index (χ3v) is 2.25. The molecule has 0 amide bonds. The van der Waals surface area contributed by atoms with E-state index in [-0.39, 0.29) is 5.69 Å². The fraction of sp³-hybridized carbons (Fsp3) is 0.333. The molecule has 0 radical (unpaired) electrons. The largest absolute Gasteiger partial charge is 0.534 e. The molecule has 5 nitrogen and oxygen atoms in total. The number of aryl methyl sites for hydroxylation is 1. The lowest BCUT2D eigenvalue weighted by atomic mass is 10.5. The highest BCUT2D eigenvalue weighted by molar-refractivity contribution is 7.87. The van der Waals surface area contributed by atoms with E-state index >= 15 is 0 Å². The second kappa shape index (κ2) is 3.65. The van der Waals surface area contributed by atoms with Crippen LogP contribution in [0.1, 0.15) is 5.69 Å². The van der Waals surface area contributed by atoms with E-state index in [9.17, 15) is 21.6 Å². The Balaban J connectivity index is 3.03. The zero-order valence-electron chi connectivity index (χ0n) is 7.32. The fourth-order valence-corrected chi connectivity index (χ4v) is 1.09. The summed E-state index contributed by atoms with van der Waals surface area (Å²) >= 11 is 0. The topological polar surface area (TPSA) is 69.2 Å². The van der Waals surface area contributed by atoms with Gasteiger partial charge in [0.1, 0.15) is 5.69 Å². The summed E-state index contributed by atoms with van der Waals surface area (Å²) < 4.78 is 60.6. The van der Waals surface area contributed by atoms with Crippen molar-refractivity contribution in [2.75, 3.05) is 0 Å². The van der Waals surface area contributed by atoms with Crippen LogP contribution in [0, 0.1) is 6.92 Å². The van der Waals surface area contributed by atoms with Crippen LogP contribution >= 0.6 is 0 Å². The summed E-state index contributed by atoms with van der Waals surface area (Å²) in [6.45, 7) is 1.27. The van der Waals surface area contributed by atoms with Crippen molar-refractivity contribution >= 4 is 10.1 Å². The van der Waals surface area contributed by atoms with Crippen LogP contribution in [0.2, 0.25) is 0 Å². The minimum atomic E-state index is -5.68. The first-order valence-electron chi connectivity index (χ1n) is 3.52. The van der Waals surface area contributed by atoms with E-state index < -0.39 is 21.5 Å². The number of nitrogens with zero attached hydrogens (tertiary/aromatic N) is 2. The summed E-state index contributed by atoms with van der Waals surface area (Å²) in [5.41, 5.74) is -5.53. The van der Waals surface area contributed by atoms with Crippen LogP contribution in [-0.2, 0) is 10.1 Å². The number of hydrogen-bond acceptors (Lipinski definition) is 5. The first-order valence-corrected chi connectivity index (χ1v) is 4.93. The van der Waals surface area contributed by atoms with E-state index in [1.165, 1.54) is 13.1 Å². The van der Waals surface area contributed by atoms with E-state index in [1.807, 2.05) is 0 Å². The minimum absolute atomic E-state index is 0.0506. The van der Waals surface area contributed by atoms with Gasteiger partial charge in [0.05, 0.1) is 0 Å². The zero-order chi connectivity index (χ0) is 11.7. The molecule has 1 rings (SSSR count). The molecule has 84 valence electrons. The van der Waals surface area contributed by atoms with Crippen LogP contribution in [0.4, 0.5) is 13.2 Å². The second-order valence-electron chi connectivity index (χ2n) is 2.43. The normalized spacial score (nSPS) is 12.5. The van der Waals surface area contributed by atoms with Gasteiger partial charge in [0.2, 0.25) is 0 Å². The molecule has 0 saturated heterocycles. The summed E-state index contributed by atoms with van der Waals surface area (Å²) in [7, 11) is -5.68. The summed E-state index contributed by atoms with van der Waals surface area (Å²) in [5, 5.41) is 0. The highest BCUT2D eigenvalue weighted by Crippen LogP contribution is 2.26. The Morgan fingerprint density at radius 1 is 1.27 bits per heavy atom. The van der Waals surface area contributed by atoms with Gasteiger partial charge in [0, 0.05) is 12.4 Å². The molecule has 1 aromatic rings. The van der Waals surface area contributed by atoms with Crippen LogP contribution in [0.3, 0.4) is 0 Å². The smallest absolute Gasteiger partial charge is 0.353 e. The van der Waals surface area contributed by atoms with Gasteiger partial charge in [-0.05, 0) is 6.92 Å². The van der Waals surface area contributed by atoms with E-state index in [0.717, 1.165) is 6.20 Å². The maximum Gasteiger partial charge on any atom is 0.534 e. The Morgan fingerprint density at radius 2 is 1.80 bits per heavy atom. The predicted octanol–water partition coefficient (Wildman–Crippen LogP) is 1.01. The van der Waals surface area contributed by atoms with Crippen molar-refractivity contribution in [3.05, 3.63) is 18.1 Å². The molecule has 9 heteroatoms. The Bertz CT molecular complexity index is 457. The third-order valence-electron chi connectivity index (χ3n) is 1.31. The lowest BCUT2D eigenvalue weighted by Gasteiger charge is -2.08. The van der Waals surface area contributed by atoms with Gasteiger partial charge in [-0.25, -0.2) is 4.98 Å². The number of aromatic nitrogens is 2. The molecule has 0 atom stereocenters. The standard InChI is InChI=1S/C6H5F3N2O3S/c1-4-5(11-3-2-10-4)14-15(12,13)6(7,8)9/h2-3H,1H3. The summed E-state index contributed by atoms with van der Waals surface area (Å²) in [4.78, 5) is 6.84. The number of halogens is 3. The molecule has 1 heterocycles. The molecule has 0 saturated carbocycles. The van der Waals surface area contributed by atoms with Crippen molar-refractivity contribution in [1.82, 2.24) is 9.97 Å². The van der Waals surface area contributed by atoms with Crippen LogP contribution in [-0.4, -0.2) is 23.9 Å². The highest BCUT2D eigenvalue weighted by Gasteiger charge is 2.49. The van der Waals surface area contributed by atoms with Crippen molar-refractivity contribution in [3.8, 4) is 5.88 Å². The van der Waals surface area contributed by atoms with Crippen LogP contribution < -0.4 is 4.18 Å². The number of rotatable bonds is 2. The Hall–Kier alpha value is -1.38. The van der Waals surface area contributed by atoms with E-state index in [1.54, 1.807) is 0 Å².